The molecule has 104 valence electrons. The molecule has 0 spiro atoms. The average molecular weight is 281 g/mol. The molecule has 0 amide bonds. The van der Waals surface area contributed by atoms with Crippen LogP contribution in [0.3, 0.4) is 0 Å². The Morgan fingerprint density at radius 1 is 0.818 bits per heavy atom. The highest BCUT2D eigenvalue weighted by atomic mass is 14.7. The molecule has 0 saturated heterocycles. The van der Waals surface area contributed by atoms with E-state index in [-0.39, 0.29) is 0 Å². The summed E-state index contributed by atoms with van der Waals surface area (Å²) in [5.41, 5.74) is 7.78. The molecule has 0 fully saturated rings. The van der Waals surface area contributed by atoms with Crippen molar-refractivity contribution in [3.05, 3.63) is 77.4 Å². The van der Waals surface area contributed by atoms with Crippen LogP contribution in [-0.2, 0) is 6.42 Å². The first-order valence-corrected chi connectivity index (χ1v) is 7.72. The molecule has 0 bridgehead atoms. The Labute approximate surface area is 129 Å². The fraction of sp³-hybridized carbons (Fsp3) is 0.0952. The van der Waals surface area contributed by atoms with Crippen molar-refractivity contribution < 1.29 is 0 Å². The molecule has 3 aromatic carbocycles. The lowest BCUT2D eigenvalue weighted by atomic mass is 9.98. The fourth-order valence-corrected chi connectivity index (χ4v) is 3.73. The largest absolute Gasteiger partial charge is 0.247 e. The van der Waals surface area contributed by atoms with Gasteiger partial charge in [-0.3, -0.25) is 0 Å². The number of nitrogens with zero attached hydrogens (tertiary/aromatic N) is 1. The summed E-state index contributed by atoms with van der Waals surface area (Å²) < 4.78 is 0. The smallest absolute Gasteiger partial charge is 0.0790 e. The summed E-state index contributed by atoms with van der Waals surface area (Å²) in [5.74, 6) is 0. The van der Waals surface area contributed by atoms with Gasteiger partial charge in [0.05, 0.1) is 11.2 Å². The minimum Gasteiger partial charge on any atom is -0.247 e. The lowest BCUT2D eigenvalue weighted by Crippen LogP contribution is -1.93. The Morgan fingerprint density at radius 2 is 1.64 bits per heavy atom. The van der Waals surface area contributed by atoms with E-state index < -0.39 is 0 Å². The Hall–Kier alpha value is -2.67. The predicted octanol–water partition coefficient (Wildman–Crippen LogP) is 5.27. The lowest BCUT2D eigenvalue weighted by molar-refractivity contribution is 1.21. The standard InChI is InChI=1S/C21H15N/c1-13-16-11-10-14-6-2-4-8-17(14)20(16)22-21-18-9-5-3-7-15(18)12-19(13)21/h2-11H,12H2,1H3. The number of hydrogen-bond donors (Lipinski definition) is 0. The van der Waals surface area contributed by atoms with E-state index in [1.54, 1.807) is 0 Å². The van der Waals surface area contributed by atoms with Crippen molar-refractivity contribution in [1.82, 2.24) is 4.98 Å². The molecule has 0 radical (unpaired) electrons. The van der Waals surface area contributed by atoms with Crippen LogP contribution >= 0.6 is 0 Å². The molecular weight excluding hydrogens is 266 g/mol. The molecular formula is C21H15N. The van der Waals surface area contributed by atoms with Gasteiger partial charge in [-0.25, -0.2) is 4.98 Å². The average Bonchev–Trinajstić information content (AvgIpc) is 2.94. The SMILES string of the molecule is Cc1c2c(nc3c1ccc1ccccc13)-c1ccccc1C2. The normalized spacial score (nSPS) is 12.6. The van der Waals surface area contributed by atoms with Crippen LogP contribution in [-0.4, -0.2) is 4.98 Å². The number of pyridine rings is 1. The first-order chi connectivity index (χ1) is 10.8. The number of rotatable bonds is 0. The van der Waals surface area contributed by atoms with Crippen LogP contribution in [0.5, 0.6) is 0 Å². The van der Waals surface area contributed by atoms with Gasteiger partial charge >= 0.3 is 0 Å². The number of hydrogen-bond acceptors (Lipinski definition) is 1. The number of aromatic nitrogens is 1. The third-order valence-corrected chi connectivity index (χ3v) is 4.91. The molecule has 0 unspecified atom stereocenters. The Morgan fingerprint density at radius 3 is 2.59 bits per heavy atom. The first kappa shape index (κ1) is 11.9. The van der Waals surface area contributed by atoms with Gasteiger partial charge in [-0.15, -0.1) is 0 Å². The van der Waals surface area contributed by atoms with Gasteiger partial charge in [0.2, 0.25) is 0 Å². The highest BCUT2D eigenvalue weighted by molar-refractivity contribution is 6.07. The summed E-state index contributed by atoms with van der Waals surface area (Å²) in [6.07, 6.45) is 1.01. The molecule has 1 heterocycles. The van der Waals surface area contributed by atoms with E-state index in [2.05, 4.69) is 67.6 Å². The Bertz CT molecular complexity index is 1060. The molecule has 5 rings (SSSR count). The van der Waals surface area contributed by atoms with Crippen LogP contribution in [0, 0.1) is 6.92 Å². The van der Waals surface area contributed by atoms with E-state index in [0.717, 1.165) is 11.9 Å². The van der Waals surface area contributed by atoms with Crippen molar-refractivity contribution in [3.8, 4) is 11.3 Å². The van der Waals surface area contributed by atoms with Gasteiger partial charge in [0, 0.05) is 22.8 Å². The zero-order chi connectivity index (χ0) is 14.7. The third kappa shape index (κ3) is 1.46. The maximum absolute atomic E-state index is 5.09. The van der Waals surface area contributed by atoms with Crippen molar-refractivity contribution >= 4 is 21.7 Å². The van der Waals surface area contributed by atoms with Crippen LogP contribution in [0.2, 0.25) is 0 Å². The summed E-state index contributed by atoms with van der Waals surface area (Å²) in [7, 11) is 0. The predicted molar refractivity (Wildman–Crippen MR) is 92.2 cm³/mol. The molecule has 1 aliphatic carbocycles. The van der Waals surface area contributed by atoms with Crippen LogP contribution in [0.15, 0.2) is 60.7 Å². The van der Waals surface area contributed by atoms with Gasteiger partial charge in [-0.2, -0.15) is 0 Å². The second-order valence-corrected chi connectivity index (χ2v) is 6.08. The van der Waals surface area contributed by atoms with Gasteiger partial charge in [0.15, 0.2) is 0 Å². The maximum Gasteiger partial charge on any atom is 0.0790 e. The molecule has 0 saturated carbocycles. The minimum atomic E-state index is 1.01. The summed E-state index contributed by atoms with van der Waals surface area (Å²) in [4.78, 5) is 5.09. The van der Waals surface area contributed by atoms with Crippen molar-refractivity contribution in [2.75, 3.05) is 0 Å². The van der Waals surface area contributed by atoms with E-state index >= 15 is 0 Å². The second-order valence-electron chi connectivity index (χ2n) is 6.08. The molecule has 0 atom stereocenters. The van der Waals surface area contributed by atoms with Gasteiger partial charge in [0.1, 0.15) is 0 Å². The number of aryl methyl sites for hydroxylation is 1. The van der Waals surface area contributed by atoms with Crippen molar-refractivity contribution in [1.29, 1.82) is 0 Å². The summed E-state index contributed by atoms with van der Waals surface area (Å²) >= 11 is 0. The highest BCUT2D eigenvalue weighted by Crippen LogP contribution is 2.40. The zero-order valence-corrected chi connectivity index (χ0v) is 12.4. The van der Waals surface area contributed by atoms with E-state index in [1.807, 2.05) is 0 Å². The number of fused-ring (bicyclic) bond motifs is 6. The molecule has 1 aromatic heterocycles. The van der Waals surface area contributed by atoms with E-state index in [0.29, 0.717) is 0 Å². The minimum absolute atomic E-state index is 1.01. The van der Waals surface area contributed by atoms with E-state index in [4.69, 9.17) is 4.98 Å². The fourth-order valence-electron chi connectivity index (χ4n) is 3.73. The number of benzene rings is 3. The molecule has 0 aliphatic heterocycles. The highest BCUT2D eigenvalue weighted by Gasteiger charge is 2.23. The lowest BCUT2D eigenvalue weighted by Gasteiger charge is -2.11. The van der Waals surface area contributed by atoms with E-state index in [9.17, 15) is 0 Å². The summed E-state index contributed by atoms with van der Waals surface area (Å²) in [6, 6.07) is 21.6. The first-order valence-electron chi connectivity index (χ1n) is 7.72. The van der Waals surface area contributed by atoms with Crippen LogP contribution in [0.25, 0.3) is 32.9 Å². The van der Waals surface area contributed by atoms with Crippen LogP contribution in [0.4, 0.5) is 0 Å². The van der Waals surface area contributed by atoms with Gasteiger partial charge in [-0.05, 0) is 29.0 Å². The molecule has 22 heavy (non-hydrogen) atoms. The van der Waals surface area contributed by atoms with Crippen molar-refractivity contribution in [2.24, 2.45) is 0 Å². The maximum atomic E-state index is 5.09. The monoisotopic (exact) mass is 281 g/mol. The molecule has 1 heteroatoms. The third-order valence-electron chi connectivity index (χ3n) is 4.91. The molecule has 0 N–H and O–H groups in total. The summed E-state index contributed by atoms with van der Waals surface area (Å²) in [6.45, 7) is 2.24. The van der Waals surface area contributed by atoms with Crippen LogP contribution < -0.4 is 0 Å². The van der Waals surface area contributed by atoms with Crippen molar-refractivity contribution in [2.45, 2.75) is 13.3 Å². The van der Waals surface area contributed by atoms with Crippen molar-refractivity contribution in [3.63, 3.8) is 0 Å². The molecule has 1 aliphatic rings. The Balaban J connectivity index is 1.97. The van der Waals surface area contributed by atoms with Crippen LogP contribution in [0.1, 0.15) is 16.7 Å². The quantitative estimate of drug-likeness (QED) is 0.352. The van der Waals surface area contributed by atoms with Gasteiger partial charge in [0.25, 0.3) is 0 Å². The summed E-state index contributed by atoms with van der Waals surface area (Å²) in [5, 5.41) is 3.79. The molecule has 4 aromatic rings. The topological polar surface area (TPSA) is 12.9 Å². The molecule has 1 nitrogen and oxygen atoms in total. The Kier molecular flexibility index (Phi) is 2.26. The zero-order valence-electron chi connectivity index (χ0n) is 12.4. The van der Waals surface area contributed by atoms with E-state index in [1.165, 1.54) is 44.1 Å². The van der Waals surface area contributed by atoms with Gasteiger partial charge < -0.3 is 0 Å². The van der Waals surface area contributed by atoms with Gasteiger partial charge in [-0.1, -0.05) is 60.7 Å². The second kappa shape index (κ2) is 4.17.